The van der Waals surface area contributed by atoms with E-state index in [1.54, 1.807) is 18.2 Å². The van der Waals surface area contributed by atoms with Crippen LogP contribution >= 0.6 is 10.7 Å². The Morgan fingerprint density at radius 1 is 1.44 bits per heavy atom. The highest BCUT2D eigenvalue weighted by Gasteiger charge is 2.20. The lowest BCUT2D eigenvalue weighted by atomic mass is 10.1. The van der Waals surface area contributed by atoms with Crippen molar-refractivity contribution in [2.24, 2.45) is 0 Å². The molecule has 1 aromatic rings. The van der Waals surface area contributed by atoms with Crippen molar-refractivity contribution in [1.82, 2.24) is 0 Å². The summed E-state index contributed by atoms with van der Waals surface area (Å²) in [6.07, 6.45) is 1.49. The van der Waals surface area contributed by atoms with Crippen molar-refractivity contribution >= 4 is 25.8 Å². The molecule has 0 fully saturated rings. The van der Waals surface area contributed by atoms with Crippen LogP contribution in [0.5, 0.6) is 11.5 Å². The third-order valence-electron chi connectivity index (χ3n) is 2.22. The fourth-order valence-corrected chi connectivity index (χ4v) is 2.14. The molecule has 16 heavy (non-hydrogen) atoms. The molecule has 0 saturated heterocycles. The zero-order valence-corrected chi connectivity index (χ0v) is 10.0. The summed E-state index contributed by atoms with van der Waals surface area (Å²) in [5, 5.41) is 0. The summed E-state index contributed by atoms with van der Waals surface area (Å²) < 4.78 is 32.6. The van der Waals surface area contributed by atoms with E-state index in [-0.39, 0.29) is 11.5 Å². The van der Waals surface area contributed by atoms with Gasteiger partial charge in [-0.25, -0.2) is 8.42 Å². The summed E-state index contributed by atoms with van der Waals surface area (Å²) >= 11 is 0. The first-order chi connectivity index (χ1) is 7.50. The quantitative estimate of drug-likeness (QED) is 0.763. The second-order valence-corrected chi connectivity index (χ2v) is 5.86. The molecule has 4 nitrogen and oxygen atoms in total. The maximum Gasteiger partial charge on any atom is 0.260 e. The van der Waals surface area contributed by atoms with Crippen LogP contribution in [0, 0.1) is 0 Å². The first-order valence-electron chi connectivity index (χ1n) is 4.47. The van der Waals surface area contributed by atoms with E-state index in [0.717, 1.165) is 0 Å². The van der Waals surface area contributed by atoms with Crippen LogP contribution in [0.3, 0.4) is 0 Å². The van der Waals surface area contributed by atoms with Gasteiger partial charge in [-0.3, -0.25) is 0 Å². The van der Waals surface area contributed by atoms with Crippen molar-refractivity contribution in [3.05, 3.63) is 28.7 Å². The summed E-state index contributed by atoms with van der Waals surface area (Å²) in [6, 6.07) is 5.16. The summed E-state index contributed by atoms with van der Waals surface area (Å²) in [5.74, 6) is 1.25. The lowest BCUT2D eigenvalue weighted by molar-refractivity contribution is 0.352. The Labute approximate surface area is 97.9 Å². The molecule has 2 rings (SSSR count). The normalized spacial score (nSPS) is 14.8. The molecule has 0 unspecified atom stereocenters. The number of hydrogen-bond donors (Lipinski definition) is 0. The van der Waals surface area contributed by atoms with Crippen LogP contribution in [-0.2, 0) is 9.05 Å². The predicted octanol–water partition coefficient (Wildman–Crippen LogP) is 2.00. The highest BCUT2D eigenvalue weighted by atomic mass is 35.7. The van der Waals surface area contributed by atoms with Gasteiger partial charge in [-0.2, -0.15) is 0 Å². The van der Waals surface area contributed by atoms with Crippen molar-refractivity contribution in [3.8, 4) is 11.5 Å². The molecule has 6 heteroatoms. The lowest BCUT2D eigenvalue weighted by Gasteiger charge is -2.16. The minimum absolute atomic E-state index is 0.0365. The topological polar surface area (TPSA) is 52.6 Å². The van der Waals surface area contributed by atoms with Gasteiger partial charge in [-0.15, -0.1) is 0 Å². The van der Waals surface area contributed by atoms with Gasteiger partial charge >= 0.3 is 0 Å². The summed E-state index contributed by atoms with van der Waals surface area (Å²) in [4.78, 5) is 0.0509. The zero-order chi connectivity index (χ0) is 11.8. The molecule has 1 aliphatic rings. The molecule has 0 atom stereocenters. The fraction of sp³-hybridized carbons (Fsp3) is 0.200. The van der Waals surface area contributed by atoms with E-state index in [0.29, 0.717) is 17.1 Å². The maximum atomic E-state index is 11.1. The average molecular weight is 261 g/mol. The predicted molar refractivity (Wildman–Crippen MR) is 61.2 cm³/mol. The number of fused-ring (bicyclic) bond motifs is 1. The molecule has 0 N–H and O–H groups in total. The smallest absolute Gasteiger partial charge is 0.260 e. The minimum atomic E-state index is -3.72. The van der Waals surface area contributed by atoms with E-state index in [2.05, 4.69) is 0 Å². The van der Waals surface area contributed by atoms with Gasteiger partial charge in [0.1, 0.15) is 18.1 Å². The third kappa shape index (κ3) is 2.15. The monoisotopic (exact) mass is 260 g/mol. The van der Waals surface area contributed by atoms with Gasteiger partial charge in [-0.1, -0.05) is 0 Å². The van der Waals surface area contributed by atoms with Crippen LogP contribution in [0.2, 0.25) is 0 Å². The second kappa shape index (κ2) is 3.99. The Bertz CT molecular complexity index is 548. The van der Waals surface area contributed by atoms with E-state index in [4.69, 9.17) is 20.2 Å². The van der Waals surface area contributed by atoms with Crippen molar-refractivity contribution < 1.29 is 17.9 Å². The maximum absolute atomic E-state index is 11.1. The first kappa shape index (κ1) is 11.3. The van der Waals surface area contributed by atoms with Gasteiger partial charge in [-0.05, 0) is 24.3 Å². The molecule has 0 bridgehead atoms. The molecule has 1 aliphatic heterocycles. The average Bonchev–Trinajstić information content (AvgIpc) is 2.26. The molecule has 1 aromatic carbocycles. The van der Waals surface area contributed by atoms with E-state index < -0.39 is 9.05 Å². The third-order valence-corrected chi connectivity index (χ3v) is 3.67. The number of halogens is 1. The lowest BCUT2D eigenvalue weighted by Crippen LogP contribution is -2.11. The van der Waals surface area contributed by atoms with Gasteiger partial charge in [0.05, 0.1) is 12.0 Å². The standard InChI is InChI=1S/C10H9ClO4S/c1-14-8-2-3-10-7(4-8)5-9(6-15-10)16(11,12)13/h2-5H,6H2,1H3. The van der Waals surface area contributed by atoms with E-state index in [9.17, 15) is 8.42 Å². The summed E-state index contributed by atoms with van der Waals surface area (Å²) in [5.41, 5.74) is 0.643. The Morgan fingerprint density at radius 3 is 2.81 bits per heavy atom. The van der Waals surface area contributed by atoms with Gasteiger partial charge in [0.25, 0.3) is 9.05 Å². The van der Waals surface area contributed by atoms with Crippen LogP contribution in [0.25, 0.3) is 6.08 Å². The molecular weight excluding hydrogens is 252 g/mol. The van der Waals surface area contributed by atoms with E-state index in [1.807, 2.05) is 0 Å². The molecule has 0 aromatic heterocycles. The molecular formula is C10H9ClO4S. The van der Waals surface area contributed by atoms with Gasteiger partial charge in [0, 0.05) is 16.2 Å². The minimum Gasteiger partial charge on any atom is -0.497 e. The Kier molecular flexibility index (Phi) is 2.82. The molecule has 0 aliphatic carbocycles. The van der Waals surface area contributed by atoms with Crippen molar-refractivity contribution in [2.75, 3.05) is 13.7 Å². The van der Waals surface area contributed by atoms with Gasteiger partial charge < -0.3 is 9.47 Å². The molecule has 86 valence electrons. The van der Waals surface area contributed by atoms with Crippen LogP contribution in [-0.4, -0.2) is 22.1 Å². The number of hydrogen-bond acceptors (Lipinski definition) is 4. The summed E-state index contributed by atoms with van der Waals surface area (Å²) in [6.45, 7) is -0.0365. The van der Waals surface area contributed by atoms with Crippen LogP contribution in [0.4, 0.5) is 0 Å². The first-order valence-corrected chi connectivity index (χ1v) is 6.78. The van der Waals surface area contributed by atoms with Gasteiger partial charge in [0.15, 0.2) is 0 Å². The fourth-order valence-electron chi connectivity index (χ4n) is 1.40. The molecule has 0 amide bonds. The highest BCUT2D eigenvalue weighted by molar-refractivity contribution is 8.17. The Hall–Kier alpha value is -1.20. The Balaban J connectivity index is 2.50. The van der Waals surface area contributed by atoms with E-state index in [1.165, 1.54) is 13.2 Å². The largest absolute Gasteiger partial charge is 0.497 e. The number of methoxy groups -OCH3 is 1. The highest BCUT2D eigenvalue weighted by Crippen LogP contribution is 2.32. The number of ether oxygens (including phenoxy) is 2. The van der Waals surface area contributed by atoms with Crippen LogP contribution < -0.4 is 9.47 Å². The molecule has 0 saturated carbocycles. The zero-order valence-electron chi connectivity index (χ0n) is 8.44. The van der Waals surface area contributed by atoms with Crippen LogP contribution in [0.15, 0.2) is 23.1 Å². The molecule has 0 radical (unpaired) electrons. The van der Waals surface area contributed by atoms with Gasteiger partial charge in [0.2, 0.25) is 0 Å². The number of benzene rings is 1. The second-order valence-electron chi connectivity index (χ2n) is 3.24. The number of rotatable bonds is 2. The Morgan fingerprint density at radius 2 is 2.19 bits per heavy atom. The van der Waals surface area contributed by atoms with Crippen LogP contribution in [0.1, 0.15) is 5.56 Å². The van der Waals surface area contributed by atoms with E-state index >= 15 is 0 Å². The molecule has 1 heterocycles. The van der Waals surface area contributed by atoms with Crippen molar-refractivity contribution in [1.29, 1.82) is 0 Å². The summed E-state index contributed by atoms with van der Waals surface area (Å²) in [7, 11) is 3.06. The van der Waals surface area contributed by atoms with Crippen molar-refractivity contribution in [3.63, 3.8) is 0 Å². The molecule has 0 spiro atoms. The SMILES string of the molecule is COc1ccc2c(c1)C=C(S(=O)(=O)Cl)CO2. The van der Waals surface area contributed by atoms with Crippen molar-refractivity contribution in [2.45, 2.75) is 0 Å².